The van der Waals surface area contributed by atoms with Gasteiger partial charge in [-0.3, -0.25) is 9.59 Å². The van der Waals surface area contributed by atoms with Crippen LogP contribution in [0.2, 0.25) is 0 Å². The lowest BCUT2D eigenvalue weighted by Gasteiger charge is -2.22. The molecule has 1 aromatic rings. The van der Waals surface area contributed by atoms with Crippen LogP contribution in [0.25, 0.3) is 0 Å². The van der Waals surface area contributed by atoms with Gasteiger partial charge in [-0.05, 0) is 24.6 Å². The molecular weight excluding hydrogens is 248 g/mol. The second-order valence-electron chi connectivity index (χ2n) is 4.35. The van der Waals surface area contributed by atoms with Gasteiger partial charge >= 0.3 is 11.9 Å². The Morgan fingerprint density at radius 2 is 2.00 bits per heavy atom. The lowest BCUT2D eigenvalue weighted by atomic mass is 9.91. The minimum Gasteiger partial charge on any atom is -0.468 e. The molecule has 104 valence electrons. The molecule has 6 heteroatoms. The number of rotatable bonds is 5. The molecule has 0 heterocycles. The van der Waals surface area contributed by atoms with Crippen molar-refractivity contribution in [2.24, 2.45) is 11.1 Å². The summed E-state index contributed by atoms with van der Waals surface area (Å²) >= 11 is 0. The Hall–Kier alpha value is -2.08. The first kappa shape index (κ1) is 15.0. The van der Waals surface area contributed by atoms with Crippen LogP contribution in [0.1, 0.15) is 12.5 Å². The third-order valence-electron chi connectivity index (χ3n) is 2.82. The highest BCUT2D eigenvalue weighted by Crippen LogP contribution is 2.20. The van der Waals surface area contributed by atoms with E-state index in [-0.39, 0.29) is 13.2 Å². The van der Waals surface area contributed by atoms with E-state index in [4.69, 9.17) is 16.2 Å². The summed E-state index contributed by atoms with van der Waals surface area (Å²) in [4.78, 5) is 23.5. The fourth-order valence-corrected chi connectivity index (χ4v) is 1.47. The highest BCUT2D eigenvalue weighted by Gasteiger charge is 2.42. The zero-order chi connectivity index (χ0) is 14.5. The van der Waals surface area contributed by atoms with Crippen molar-refractivity contribution in [2.45, 2.75) is 13.5 Å². The number of methoxy groups -OCH3 is 1. The molecule has 4 N–H and O–H groups in total. The second-order valence-corrected chi connectivity index (χ2v) is 4.35. The Morgan fingerprint density at radius 3 is 2.53 bits per heavy atom. The topological polar surface area (TPSA) is 105 Å². The van der Waals surface area contributed by atoms with E-state index >= 15 is 0 Å². The highest BCUT2D eigenvalue weighted by atomic mass is 16.6. The van der Waals surface area contributed by atoms with E-state index in [0.29, 0.717) is 5.69 Å². The van der Waals surface area contributed by atoms with Crippen molar-refractivity contribution in [1.29, 1.82) is 0 Å². The van der Waals surface area contributed by atoms with Gasteiger partial charge in [0.25, 0.3) is 0 Å². The molecule has 0 bridgehead atoms. The van der Waals surface area contributed by atoms with E-state index in [1.165, 1.54) is 14.0 Å². The number of hydrogen-bond acceptors (Lipinski definition) is 6. The molecule has 0 aliphatic carbocycles. The summed E-state index contributed by atoms with van der Waals surface area (Å²) in [5.74, 6) is -1.43. The lowest BCUT2D eigenvalue weighted by molar-refractivity contribution is -0.169. The number of nitrogen functional groups attached to an aromatic ring is 1. The standard InChI is InChI=1S/C13H18N2O4/c1-13(8-14,11(16)18-2)12(17)19-7-9-4-3-5-10(15)6-9/h3-6H,7-8,14-15H2,1-2H3. The minimum absolute atomic E-state index is 0.0243. The van der Waals surface area contributed by atoms with E-state index in [0.717, 1.165) is 5.56 Å². The molecule has 0 aliphatic rings. The zero-order valence-corrected chi connectivity index (χ0v) is 11.0. The Morgan fingerprint density at radius 1 is 1.32 bits per heavy atom. The van der Waals surface area contributed by atoms with Gasteiger partial charge < -0.3 is 20.9 Å². The number of carbonyl (C=O) groups excluding carboxylic acids is 2. The zero-order valence-electron chi connectivity index (χ0n) is 11.0. The van der Waals surface area contributed by atoms with Gasteiger partial charge in [0.1, 0.15) is 6.61 Å². The largest absolute Gasteiger partial charge is 0.468 e. The Balaban J connectivity index is 2.71. The maximum absolute atomic E-state index is 11.9. The molecular formula is C13H18N2O4. The van der Waals surface area contributed by atoms with Gasteiger partial charge in [0.05, 0.1) is 7.11 Å². The van der Waals surface area contributed by atoms with E-state index in [1.807, 2.05) is 0 Å². The molecule has 1 aromatic carbocycles. The molecule has 0 radical (unpaired) electrons. The van der Waals surface area contributed by atoms with E-state index in [1.54, 1.807) is 24.3 Å². The molecule has 0 fully saturated rings. The van der Waals surface area contributed by atoms with Crippen molar-refractivity contribution in [3.8, 4) is 0 Å². The molecule has 6 nitrogen and oxygen atoms in total. The number of hydrogen-bond donors (Lipinski definition) is 2. The summed E-state index contributed by atoms with van der Waals surface area (Å²) in [5, 5.41) is 0. The third kappa shape index (κ3) is 3.45. The van der Waals surface area contributed by atoms with Crippen molar-refractivity contribution in [2.75, 3.05) is 19.4 Å². The molecule has 19 heavy (non-hydrogen) atoms. The maximum atomic E-state index is 11.9. The SMILES string of the molecule is COC(=O)C(C)(CN)C(=O)OCc1cccc(N)c1. The predicted molar refractivity (Wildman–Crippen MR) is 69.8 cm³/mol. The number of nitrogens with two attached hydrogens (primary N) is 2. The second kappa shape index (κ2) is 6.19. The molecule has 1 atom stereocenters. The first-order valence-corrected chi connectivity index (χ1v) is 5.74. The molecule has 0 aromatic heterocycles. The van der Waals surface area contributed by atoms with Crippen LogP contribution in [-0.4, -0.2) is 25.6 Å². The molecule has 0 aliphatic heterocycles. The Bertz CT molecular complexity index is 475. The van der Waals surface area contributed by atoms with Gasteiger partial charge in [-0.1, -0.05) is 12.1 Å². The summed E-state index contributed by atoms with van der Waals surface area (Å²) in [6, 6.07) is 6.93. The van der Waals surface area contributed by atoms with Crippen molar-refractivity contribution in [1.82, 2.24) is 0 Å². The Labute approximate surface area is 111 Å². The summed E-state index contributed by atoms with van der Waals surface area (Å²) in [7, 11) is 1.20. The number of benzene rings is 1. The van der Waals surface area contributed by atoms with Crippen molar-refractivity contribution < 1.29 is 19.1 Å². The number of anilines is 1. The Kier molecular flexibility index (Phi) is 4.88. The maximum Gasteiger partial charge on any atom is 0.324 e. The lowest BCUT2D eigenvalue weighted by Crippen LogP contribution is -2.44. The van der Waals surface area contributed by atoms with Crippen molar-refractivity contribution in [3.05, 3.63) is 29.8 Å². The summed E-state index contributed by atoms with van der Waals surface area (Å²) < 4.78 is 9.65. The number of esters is 2. The fraction of sp³-hybridized carbons (Fsp3) is 0.385. The van der Waals surface area contributed by atoms with Crippen molar-refractivity contribution in [3.63, 3.8) is 0 Å². The van der Waals surface area contributed by atoms with E-state index in [2.05, 4.69) is 4.74 Å². The normalized spacial score (nSPS) is 13.4. The van der Waals surface area contributed by atoms with E-state index in [9.17, 15) is 9.59 Å². The smallest absolute Gasteiger partial charge is 0.324 e. The van der Waals surface area contributed by atoms with E-state index < -0.39 is 17.4 Å². The van der Waals surface area contributed by atoms with Crippen LogP contribution in [0.3, 0.4) is 0 Å². The molecule has 0 saturated carbocycles. The molecule has 0 spiro atoms. The molecule has 1 rings (SSSR count). The summed E-state index contributed by atoms with van der Waals surface area (Å²) in [6.45, 7) is 1.23. The van der Waals surface area contributed by atoms with Gasteiger partial charge in [0.15, 0.2) is 5.41 Å². The fourth-order valence-electron chi connectivity index (χ4n) is 1.47. The summed E-state index contributed by atoms with van der Waals surface area (Å²) in [6.07, 6.45) is 0. The first-order valence-electron chi connectivity index (χ1n) is 5.74. The van der Waals surface area contributed by atoms with Crippen LogP contribution in [0, 0.1) is 5.41 Å². The molecule has 0 saturated heterocycles. The van der Waals surface area contributed by atoms with Crippen LogP contribution in [0.5, 0.6) is 0 Å². The minimum atomic E-state index is -1.49. The molecule has 0 amide bonds. The van der Waals surface area contributed by atoms with Gasteiger partial charge in [0, 0.05) is 12.2 Å². The quantitative estimate of drug-likeness (QED) is 0.455. The number of ether oxygens (including phenoxy) is 2. The summed E-state index contributed by atoms with van der Waals surface area (Å²) in [5.41, 5.74) is 10.9. The van der Waals surface area contributed by atoms with Gasteiger partial charge in [-0.2, -0.15) is 0 Å². The highest BCUT2D eigenvalue weighted by molar-refractivity contribution is 5.99. The van der Waals surface area contributed by atoms with Crippen molar-refractivity contribution >= 4 is 17.6 Å². The van der Waals surface area contributed by atoms with Gasteiger partial charge in [-0.25, -0.2) is 0 Å². The van der Waals surface area contributed by atoms with Crippen LogP contribution in [0.15, 0.2) is 24.3 Å². The molecule has 1 unspecified atom stereocenters. The average molecular weight is 266 g/mol. The van der Waals surface area contributed by atoms with Crippen LogP contribution >= 0.6 is 0 Å². The van der Waals surface area contributed by atoms with Crippen LogP contribution in [0.4, 0.5) is 5.69 Å². The van der Waals surface area contributed by atoms with Gasteiger partial charge in [0.2, 0.25) is 0 Å². The number of carbonyl (C=O) groups is 2. The van der Waals surface area contributed by atoms with Crippen LogP contribution in [-0.2, 0) is 25.7 Å². The first-order chi connectivity index (χ1) is 8.93. The predicted octanol–water partition coefficient (Wildman–Crippen LogP) is 0.450. The van der Waals surface area contributed by atoms with Crippen LogP contribution < -0.4 is 11.5 Å². The third-order valence-corrected chi connectivity index (χ3v) is 2.82. The monoisotopic (exact) mass is 266 g/mol. The van der Waals surface area contributed by atoms with Gasteiger partial charge in [-0.15, -0.1) is 0 Å². The average Bonchev–Trinajstić information content (AvgIpc) is 2.42.